The summed E-state index contributed by atoms with van der Waals surface area (Å²) >= 11 is 6.14. The van der Waals surface area contributed by atoms with Crippen molar-refractivity contribution in [2.45, 2.75) is 20.8 Å². The normalized spacial score (nSPS) is 10.6. The Morgan fingerprint density at radius 3 is 2.24 bits per heavy atom. The summed E-state index contributed by atoms with van der Waals surface area (Å²) in [5, 5.41) is 4.65. The molecule has 0 spiro atoms. The second-order valence-corrected chi connectivity index (χ2v) is 4.52. The van der Waals surface area contributed by atoms with Crippen LogP contribution in [0.2, 0.25) is 5.15 Å². The fourth-order valence-corrected chi connectivity index (χ4v) is 2.21. The number of carbonyl (C=O) groups excluding carboxylic acids is 1. The van der Waals surface area contributed by atoms with Crippen LogP contribution in [0.15, 0.2) is 18.2 Å². The summed E-state index contributed by atoms with van der Waals surface area (Å²) in [6, 6.07) is 6.05. The molecule has 0 aliphatic carbocycles. The van der Waals surface area contributed by atoms with Gasteiger partial charge in [-0.2, -0.15) is 5.10 Å². The molecule has 17 heavy (non-hydrogen) atoms. The Morgan fingerprint density at radius 2 is 1.76 bits per heavy atom. The zero-order chi connectivity index (χ0) is 12.6. The lowest BCUT2D eigenvalue weighted by Crippen LogP contribution is -1.98. The van der Waals surface area contributed by atoms with E-state index in [1.807, 2.05) is 26.0 Å². The van der Waals surface area contributed by atoms with Crippen LogP contribution in [0.4, 0.5) is 0 Å². The number of aryl methyl sites for hydroxylation is 3. The monoisotopic (exact) mass is 248 g/mol. The van der Waals surface area contributed by atoms with Crippen molar-refractivity contribution in [3.8, 4) is 5.69 Å². The smallest absolute Gasteiger partial charge is 0.155 e. The molecule has 0 atom stereocenters. The Labute approximate surface area is 105 Å². The number of benzene rings is 1. The quantitative estimate of drug-likeness (QED) is 0.765. The van der Waals surface area contributed by atoms with Gasteiger partial charge in [-0.1, -0.05) is 17.7 Å². The topological polar surface area (TPSA) is 34.9 Å². The first-order chi connectivity index (χ1) is 8.02. The minimum Gasteiger partial charge on any atom is -0.298 e. The van der Waals surface area contributed by atoms with Gasteiger partial charge in [0.1, 0.15) is 5.15 Å². The van der Waals surface area contributed by atoms with Crippen LogP contribution in [0.5, 0.6) is 0 Å². The molecule has 0 saturated carbocycles. The zero-order valence-electron chi connectivity index (χ0n) is 9.99. The molecule has 0 N–H and O–H groups in total. The lowest BCUT2D eigenvalue weighted by Gasteiger charge is -2.06. The van der Waals surface area contributed by atoms with Gasteiger partial charge in [-0.25, -0.2) is 4.68 Å². The van der Waals surface area contributed by atoms with E-state index in [9.17, 15) is 4.79 Å². The number of aromatic nitrogens is 2. The van der Waals surface area contributed by atoms with Gasteiger partial charge in [0.15, 0.2) is 6.29 Å². The average Bonchev–Trinajstić information content (AvgIpc) is 2.52. The van der Waals surface area contributed by atoms with E-state index >= 15 is 0 Å². The van der Waals surface area contributed by atoms with E-state index in [1.165, 1.54) is 0 Å². The number of hydrogen-bond acceptors (Lipinski definition) is 2. The molecular weight excluding hydrogens is 236 g/mol. The highest BCUT2D eigenvalue weighted by Crippen LogP contribution is 2.23. The van der Waals surface area contributed by atoms with Crippen molar-refractivity contribution in [2.24, 2.45) is 0 Å². The third kappa shape index (κ3) is 2.11. The van der Waals surface area contributed by atoms with Gasteiger partial charge in [0.25, 0.3) is 0 Å². The molecule has 0 amide bonds. The first-order valence-corrected chi connectivity index (χ1v) is 5.69. The molecule has 0 bridgehead atoms. The van der Waals surface area contributed by atoms with Crippen LogP contribution in [-0.2, 0) is 0 Å². The number of halogens is 1. The Kier molecular flexibility index (Phi) is 3.03. The number of carbonyl (C=O) groups is 1. The first kappa shape index (κ1) is 11.9. The van der Waals surface area contributed by atoms with Crippen molar-refractivity contribution in [2.75, 3.05) is 0 Å². The van der Waals surface area contributed by atoms with Gasteiger partial charge in [-0.3, -0.25) is 4.79 Å². The van der Waals surface area contributed by atoms with Crippen LogP contribution in [0, 0.1) is 20.8 Å². The number of nitrogens with zero attached hydrogens (tertiary/aromatic N) is 2. The number of rotatable bonds is 2. The molecule has 2 rings (SSSR count). The van der Waals surface area contributed by atoms with Gasteiger partial charge in [0, 0.05) is 0 Å². The van der Waals surface area contributed by atoms with Crippen LogP contribution >= 0.6 is 11.6 Å². The SMILES string of the molecule is Cc1cc(C)cc(-n2nc(C)c(C=O)c2Cl)c1. The van der Waals surface area contributed by atoms with E-state index in [1.54, 1.807) is 11.6 Å². The van der Waals surface area contributed by atoms with Gasteiger partial charge >= 0.3 is 0 Å². The second kappa shape index (κ2) is 4.34. The van der Waals surface area contributed by atoms with Crippen LogP contribution in [0.25, 0.3) is 5.69 Å². The molecule has 0 aliphatic heterocycles. The molecule has 1 aromatic carbocycles. The summed E-state index contributed by atoms with van der Waals surface area (Å²) in [7, 11) is 0. The molecule has 0 radical (unpaired) electrons. The van der Waals surface area contributed by atoms with E-state index in [2.05, 4.69) is 11.2 Å². The van der Waals surface area contributed by atoms with Crippen molar-refractivity contribution in [1.29, 1.82) is 0 Å². The molecule has 0 aliphatic rings. The summed E-state index contributed by atoms with van der Waals surface area (Å²) in [5.74, 6) is 0. The summed E-state index contributed by atoms with van der Waals surface area (Å²) in [4.78, 5) is 10.9. The van der Waals surface area contributed by atoms with E-state index in [0.717, 1.165) is 23.1 Å². The summed E-state index contributed by atoms with van der Waals surface area (Å²) in [6.07, 6.45) is 0.740. The predicted molar refractivity (Wildman–Crippen MR) is 68.2 cm³/mol. The highest BCUT2D eigenvalue weighted by molar-refractivity contribution is 6.32. The molecule has 1 aromatic heterocycles. The summed E-state index contributed by atoms with van der Waals surface area (Å²) in [6.45, 7) is 5.80. The minimum absolute atomic E-state index is 0.363. The van der Waals surface area contributed by atoms with Crippen LogP contribution in [-0.4, -0.2) is 16.1 Å². The molecule has 3 nitrogen and oxygen atoms in total. The van der Waals surface area contributed by atoms with Crippen LogP contribution < -0.4 is 0 Å². The first-order valence-electron chi connectivity index (χ1n) is 5.32. The molecule has 2 aromatic rings. The Hall–Kier alpha value is -1.61. The maximum atomic E-state index is 10.9. The Bertz CT molecular complexity index is 567. The van der Waals surface area contributed by atoms with Gasteiger partial charge < -0.3 is 0 Å². The van der Waals surface area contributed by atoms with Gasteiger partial charge in [0.05, 0.1) is 16.9 Å². The minimum atomic E-state index is 0.363. The van der Waals surface area contributed by atoms with Crippen molar-refractivity contribution >= 4 is 17.9 Å². The number of aldehydes is 1. The fraction of sp³-hybridized carbons (Fsp3) is 0.231. The van der Waals surface area contributed by atoms with Crippen LogP contribution in [0.3, 0.4) is 0 Å². The van der Waals surface area contributed by atoms with E-state index in [-0.39, 0.29) is 0 Å². The van der Waals surface area contributed by atoms with Gasteiger partial charge in [0.2, 0.25) is 0 Å². The molecule has 0 saturated heterocycles. The van der Waals surface area contributed by atoms with E-state index in [0.29, 0.717) is 16.4 Å². The molecule has 1 heterocycles. The molecule has 0 fully saturated rings. The van der Waals surface area contributed by atoms with Gasteiger partial charge in [-0.05, 0) is 44.0 Å². The summed E-state index contributed by atoms with van der Waals surface area (Å²) in [5.41, 5.74) is 4.24. The van der Waals surface area contributed by atoms with E-state index < -0.39 is 0 Å². The van der Waals surface area contributed by atoms with E-state index in [4.69, 9.17) is 11.6 Å². The molecule has 4 heteroatoms. The maximum absolute atomic E-state index is 10.9. The van der Waals surface area contributed by atoms with Crippen molar-refractivity contribution < 1.29 is 4.79 Å². The highest BCUT2D eigenvalue weighted by atomic mass is 35.5. The maximum Gasteiger partial charge on any atom is 0.155 e. The fourth-order valence-electron chi connectivity index (χ4n) is 1.89. The van der Waals surface area contributed by atoms with Crippen molar-refractivity contribution in [3.05, 3.63) is 45.7 Å². The van der Waals surface area contributed by atoms with Crippen molar-refractivity contribution in [1.82, 2.24) is 9.78 Å². The molecule has 0 unspecified atom stereocenters. The standard InChI is InChI=1S/C13H13ClN2O/c1-8-4-9(2)6-11(5-8)16-13(14)12(7-17)10(3)15-16/h4-7H,1-3H3. The number of hydrogen-bond donors (Lipinski definition) is 0. The molecular formula is C13H13ClN2O. The highest BCUT2D eigenvalue weighted by Gasteiger charge is 2.13. The third-order valence-electron chi connectivity index (χ3n) is 2.62. The van der Waals surface area contributed by atoms with Crippen LogP contribution in [0.1, 0.15) is 27.2 Å². The Balaban J connectivity index is 2.64. The third-order valence-corrected chi connectivity index (χ3v) is 2.98. The summed E-state index contributed by atoms with van der Waals surface area (Å²) < 4.78 is 1.60. The second-order valence-electron chi connectivity index (χ2n) is 4.17. The zero-order valence-corrected chi connectivity index (χ0v) is 10.7. The largest absolute Gasteiger partial charge is 0.298 e. The lowest BCUT2D eigenvalue weighted by molar-refractivity contribution is 0.112. The molecule has 88 valence electrons. The average molecular weight is 249 g/mol. The van der Waals surface area contributed by atoms with Crippen molar-refractivity contribution in [3.63, 3.8) is 0 Å². The lowest BCUT2D eigenvalue weighted by atomic mass is 10.1. The predicted octanol–water partition coefficient (Wildman–Crippen LogP) is 3.26. The Morgan fingerprint density at radius 1 is 1.18 bits per heavy atom. The van der Waals surface area contributed by atoms with Gasteiger partial charge in [-0.15, -0.1) is 0 Å².